The molecule has 1 unspecified atom stereocenters. The molecule has 1 heterocycles. The number of hydrogen-bond acceptors (Lipinski definition) is 2. The quantitative estimate of drug-likeness (QED) is 0.496. The van der Waals surface area contributed by atoms with Crippen LogP contribution < -0.4 is 5.32 Å². The summed E-state index contributed by atoms with van der Waals surface area (Å²) >= 11 is 0. The van der Waals surface area contributed by atoms with Gasteiger partial charge in [0.05, 0.1) is 0 Å². The first kappa shape index (κ1) is 21.7. The fraction of sp³-hybridized carbons (Fsp3) is 0.357. The van der Waals surface area contributed by atoms with Crippen LogP contribution in [0.2, 0.25) is 0 Å². The maximum absolute atomic E-state index is 13.2. The van der Waals surface area contributed by atoms with Crippen LogP contribution in [0.4, 0.5) is 4.39 Å². The largest absolute Gasteiger partial charge is 0.317 e. The molecule has 3 heteroatoms. The summed E-state index contributed by atoms with van der Waals surface area (Å²) in [4.78, 5) is 2.50. The van der Waals surface area contributed by atoms with Crippen LogP contribution in [0.5, 0.6) is 0 Å². The van der Waals surface area contributed by atoms with Crippen molar-refractivity contribution in [2.24, 2.45) is 5.92 Å². The van der Waals surface area contributed by atoms with E-state index < -0.39 is 0 Å². The predicted octanol–water partition coefficient (Wildman–Crippen LogP) is 5.85. The molecule has 4 rings (SSSR count). The van der Waals surface area contributed by atoms with Crippen LogP contribution >= 0.6 is 0 Å². The minimum Gasteiger partial charge on any atom is -0.317 e. The average molecular weight is 417 g/mol. The van der Waals surface area contributed by atoms with E-state index in [1.54, 1.807) is 12.1 Å². The molecular weight excluding hydrogens is 383 g/mol. The van der Waals surface area contributed by atoms with Gasteiger partial charge < -0.3 is 5.32 Å². The number of piperidine rings is 1. The first-order valence-electron chi connectivity index (χ1n) is 11.5. The van der Waals surface area contributed by atoms with Crippen molar-refractivity contribution in [1.29, 1.82) is 0 Å². The molecule has 0 bridgehead atoms. The van der Waals surface area contributed by atoms with E-state index in [9.17, 15) is 4.39 Å². The van der Waals surface area contributed by atoms with Crippen LogP contribution in [0, 0.1) is 11.7 Å². The number of hydrogen-bond donors (Lipinski definition) is 1. The Morgan fingerprint density at radius 3 is 1.90 bits per heavy atom. The highest BCUT2D eigenvalue weighted by Gasteiger charge is 2.28. The Morgan fingerprint density at radius 1 is 0.839 bits per heavy atom. The maximum atomic E-state index is 13.2. The SMILES string of the molecule is CNC(CC(c1ccccc1)c1ccccc1)C1CCN(Cc2ccc(F)cc2)CC1. The fourth-order valence-corrected chi connectivity index (χ4v) is 5.00. The molecule has 0 aliphatic carbocycles. The van der Waals surface area contributed by atoms with Crippen molar-refractivity contribution in [2.75, 3.05) is 20.1 Å². The first-order chi connectivity index (χ1) is 15.2. The molecule has 1 aliphatic heterocycles. The highest BCUT2D eigenvalue weighted by atomic mass is 19.1. The predicted molar refractivity (Wildman–Crippen MR) is 127 cm³/mol. The van der Waals surface area contributed by atoms with Gasteiger partial charge in [0.1, 0.15) is 5.82 Å². The molecule has 1 aliphatic rings. The monoisotopic (exact) mass is 416 g/mol. The molecule has 3 aromatic rings. The van der Waals surface area contributed by atoms with E-state index in [2.05, 4.69) is 77.9 Å². The van der Waals surface area contributed by atoms with Gasteiger partial charge in [-0.1, -0.05) is 72.8 Å². The van der Waals surface area contributed by atoms with Crippen LogP contribution in [-0.2, 0) is 6.54 Å². The molecule has 0 saturated carbocycles. The molecule has 0 spiro atoms. The zero-order valence-electron chi connectivity index (χ0n) is 18.4. The summed E-state index contributed by atoms with van der Waals surface area (Å²) in [7, 11) is 2.11. The maximum Gasteiger partial charge on any atom is 0.123 e. The van der Waals surface area contributed by atoms with Gasteiger partial charge in [-0.05, 0) is 74.1 Å². The summed E-state index contributed by atoms with van der Waals surface area (Å²) in [5, 5.41) is 3.65. The van der Waals surface area contributed by atoms with Crippen molar-refractivity contribution < 1.29 is 4.39 Å². The Balaban J connectivity index is 1.40. The molecule has 3 aromatic carbocycles. The molecular formula is C28H33FN2. The normalized spacial score (nSPS) is 16.5. The number of benzene rings is 3. The lowest BCUT2D eigenvalue weighted by atomic mass is 9.79. The van der Waals surface area contributed by atoms with Gasteiger partial charge in [-0.15, -0.1) is 0 Å². The summed E-state index contributed by atoms with van der Waals surface area (Å²) < 4.78 is 13.2. The second kappa shape index (κ2) is 10.7. The molecule has 1 saturated heterocycles. The summed E-state index contributed by atoms with van der Waals surface area (Å²) in [5.74, 6) is 0.909. The summed E-state index contributed by atoms with van der Waals surface area (Å²) in [5.41, 5.74) is 3.98. The lowest BCUT2D eigenvalue weighted by molar-refractivity contribution is 0.150. The van der Waals surface area contributed by atoms with E-state index in [1.165, 1.54) is 29.5 Å². The average Bonchev–Trinajstić information content (AvgIpc) is 2.83. The van der Waals surface area contributed by atoms with Crippen molar-refractivity contribution in [1.82, 2.24) is 10.2 Å². The summed E-state index contributed by atoms with van der Waals surface area (Å²) in [6, 6.07) is 29.2. The highest BCUT2D eigenvalue weighted by molar-refractivity contribution is 5.32. The molecule has 1 N–H and O–H groups in total. The van der Waals surface area contributed by atoms with Gasteiger partial charge in [0.2, 0.25) is 0 Å². The van der Waals surface area contributed by atoms with E-state index in [1.807, 2.05) is 12.1 Å². The zero-order chi connectivity index (χ0) is 21.5. The van der Waals surface area contributed by atoms with Crippen LogP contribution in [0.15, 0.2) is 84.9 Å². The minimum absolute atomic E-state index is 0.161. The highest BCUT2D eigenvalue weighted by Crippen LogP contribution is 2.33. The minimum atomic E-state index is -0.161. The number of halogens is 1. The van der Waals surface area contributed by atoms with Gasteiger partial charge in [-0.2, -0.15) is 0 Å². The number of rotatable bonds is 8. The van der Waals surface area contributed by atoms with Crippen LogP contribution in [-0.4, -0.2) is 31.1 Å². The van der Waals surface area contributed by atoms with Crippen molar-refractivity contribution in [3.8, 4) is 0 Å². The van der Waals surface area contributed by atoms with Gasteiger partial charge >= 0.3 is 0 Å². The topological polar surface area (TPSA) is 15.3 Å². The molecule has 1 fully saturated rings. The molecule has 2 nitrogen and oxygen atoms in total. The van der Waals surface area contributed by atoms with Crippen LogP contribution in [0.3, 0.4) is 0 Å². The van der Waals surface area contributed by atoms with E-state index in [-0.39, 0.29) is 5.82 Å². The van der Waals surface area contributed by atoms with Crippen molar-refractivity contribution in [2.45, 2.75) is 37.8 Å². The third-order valence-corrected chi connectivity index (χ3v) is 6.79. The first-order valence-corrected chi connectivity index (χ1v) is 11.5. The second-order valence-electron chi connectivity index (χ2n) is 8.74. The number of likely N-dealkylation sites (tertiary alicyclic amines) is 1. The molecule has 31 heavy (non-hydrogen) atoms. The van der Waals surface area contributed by atoms with Gasteiger partial charge in [0.25, 0.3) is 0 Å². The molecule has 1 atom stereocenters. The van der Waals surface area contributed by atoms with Crippen molar-refractivity contribution in [3.63, 3.8) is 0 Å². The van der Waals surface area contributed by atoms with E-state index >= 15 is 0 Å². The van der Waals surface area contributed by atoms with Crippen molar-refractivity contribution in [3.05, 3.63) is 107 Å². The molecule has 0 aromatic heterocycles. The van der Waals surface area contributed by atoms with E-state index in [0.29, 0.717) is 17.9 Å². The molecule has 162 valence electrons. The standard InChI is InChI=1S/C28H33FN2/c1-30-28(20-27(23-8-4-2-5-9-23)24-10-6-3-7-11-24)25-16-18-31(19-17-25)21-22-12-14-26(29)15-13-22/h2-15,25,27-28,30H,16-21H2,1H3. The van der Waals surface area contributed by atoms with Gasteiger partial charge in [0, 0.05) is 18.5 Å². The lowest BCUT2D eigenvalue weighted by Gasteiger charge is -2.37. The van der Waals surface area contributed by atoms with Crippen molar-refractivity contribution >= 4 is 0 Å². The van der Waals surface area contributed by atoms with Gasteiger partial charge in [-0.3, -0.25) is 4.90 Å². The van der Waals surface area contributed by atoms with E-state index in [4.69, 9.17) is 0 Å². The Bertz CT molecular complexity index is 863. The Kier molecular flexibility index (Phi) is 7.50. The smallest absolute Gasteiger partial charge is 0.123 e. The molecule has 0 amide bonds. The van der Waals surface area contributed by atoms with Gasteiger partial charge in [-0.25, -0.2) is 4.39 Å². The van der Waals surface area contributed by atoms with E-state index in [0.717, 1.165) is 26.1 Å². The van der Waals surface area contributed by atoms with Crippen LogP contribution in [0.25, 0.3) is 0 Å². The van der Waals surface area contributed by atoms with Crippen LogP contribution in [0.1, 0.15) is 41.9 Å². The Hall–Kier alpha value is -2.49. The zero-order valence-corrected chi connectivity index (χ0v) is 18.4. The number of nitrogens with one attached hydrogen (secondary N) is 1. The molecule has 0 radical (unpaired) electrons. The lowest BCUT2D eigenvalue weighted by Crippen LogP contribution is -2.42. The summed E-state index contributed by atoms with van der Waals surface area (Å²) in [6.45, 7) is 3.11. The second-order valence-corrected chi connectivity index (χ2v) is 8.74. The Labute approximate surface area is 186 Å². The third kappa shape index (κ3) is 5.81. The third-order valence-electron chi connectivity index (χ3n) is 6.79. The summed E-state index contributed by atoms with van der Waals surface area (Å²) in [6.07, 6.45) is 3.50. The fourth-order valence-electron chi connectivity index (χ4n) is 5.00. The van der Waals surface area contributed by atoms with Gasteiger partial charge in [0.15, 0.2) is 0 Å². The Morgan fingerprint density at radius 2 is 1.39 bits per heavy atom. The number of nitrogens with zero attached hydrogens (tertiary/aromatic N) is 1.